The van der Waals surface area contributed by atoms with Crippen LogP contribution >= 0.6 is 11.3 Å². The minimum Gasteiger partial charge on any atom is -0.395 e. The van der Waals surface area contributed by atoms with E-state index < -0.39 is 0 Å². The van der Waals surface area contributed by atoms with Gasteiger partial charge in [0.25, 0.3) is 5.91 Å². The van der Waals surface area contributed by atoms with Crippen molar-refractivity contribution in [1.29, 1.82) is 0 Å². The molecule has 0 radical (unpaired) electrons. The Bertz CT molecular complexity index is 626. The average Bonchev–Trinajstić information content (AvgIpc) is 2.95. The van der Waals surface area contributed by atoms with E-state index in [9.17, 15) is 4.79 Å². The summed E-state index contributed by atoms with van der Waals surface area (Å²) in [5.74, 6) is 5.61. The molecular weight excluding hydrogens is 272 g/mol. The third kappa shape index (κ3) is 4.19. The second-order valence-corrected chi connectivity index (χ2v) is 5.03. The highest BCUT2D eigenvalue weighted by atomic mass is 32.1. The van der Waals surface area contributed by atoms with Crippen molar-refractivity contribution in [2.24, 2.45) is 0 Å². The molecule has 102 valence electrons. The van der Waals surface area contributed by atoms with Crippen LogP contribution in [-0.4, -0.2) is 22.6 Å². The first-order chi connectivity index (χ1) is 9.79. The van der Waals surface area contributed by atoms with Gasteiger partial charge < -0.3 is 10.4 Å². The first-order valence-electron chi connectivity index (χ1n) is 6.17. The van der Waals surface area contributed by atoms with E-state index in [1.54, 1.807) is 12.3 Å². The summed E-state index contributed by atoms with van der Waals surface area (Å²) >= 11 is 1.34. The summed E-state index contributed by atoms with van der Waals surface area (Å²) in [5, 5.41) is 11.5. The van der Waals surface area contributed by atoms with Gasteiger partial charge in [0.2, 0.25) is 0 Å². The van der Waals surface area contributed by atoms with E-state index in [1.807, 2.05) is 24.3 Å². The van der Waals surface area contributed by atoms with Crippen LogP contribution in [0, 0.1) is 11.8 Å². The lowest BCUT2D eigenvalue weighted by atomic mass is 10.3. The molecule has 0 unspecified atom stereocenters. The molecule has 2 aromatic heterocycles. The predicted octanol–water partition coefficient (Wildman–Crippen LogP) is 1.81. The lowest BCUT2D eigenvalue weighted by Crippen LogP contribution is -2.22. The number of nitrogens with one attached hydrogen (secondary N) is 1. The topological polar surface area (TPSA) is 62.2 Å². The lowest BCUT2D eigenvalue weighted by molar-refractivity contribution is 0.0954. The van der Waals surface area contributed by atoms with Crippen LogP contribution in [0.3, 0.4) is 0 Å². The lowest BCUT2D eigenvalue weighted by Gasteiger charge is -2.02. The van der Waals surface area contributed by atoms with Gasteiger partial charge in [-0.25, -0.2) is 0 Å². The molecule has 5 heteroatoms. The Hall–Kier alpha value is -2.16. The van der Waals surface area contributed by atoms with Gasteiger partial charge in [-0.15, -0.1) is 11.3 Å². The number of nitrogens with zero attached hydrogens (tertiary/aromatic N) is 1. The molecule has 0 saturated carbocycles. The van der Waals surface area contributed by atoms with Gasteiger partial charge in [0.05, 0.1) is 28.6 Å². The van der Waals surface area contributed by atoms with Crippen LogP contribution < -0.4 is 5.32 Å². The predicted molar refractivity (Wildman–Crippen MR) is 78.3 cm³/mol. The third-order valence-electron chi connectivity index (χ3n) is 2.43. The molecule has 2 heterocycles. The van der Waals surface area contributed by atoms with E-state index >= 15 is 0 Å². The van der Waals surface area contributed by atoms with E-state index in [0.717, 1.165) is 10.6 Å². The van der Waals surface area contributed by atoms with Crippen LogP contribution in [0.15, 0.2) is 36.5 Å². The van der Waals surface area contributed by atoms with Crippen molar-refractivity contribution in [2.75, 3.05) is 6.61 Å². The first kappa shape index (κ1) is 14.3. The van der Waals surface area contributed by atoms with E-state index in [2.05, 4.69) is 22.1 Å². The number of rotatable bonds is 4. The quantitative estimate of drug-likeness (QED) is 0.843. The maximum Gasteiger partial charge on any atom is 0.261 e. The van der Waals surface area contributed by atoms with Crippen LogP contribution in [0.25, 0.3) is 0 Å². The second kappa shape index (κ2) is 7.43. The largest absolute Gasteiger partial charge is 0.395 e. The van der Waals surface area contributed by atoms with Crippen molar-refractivity contribution >= 4 is 17.2 Å². The number of thiophene rings is 1. The summed E-state index contributed by atoms with van der Waals surface area (Å²) in [6.07, 6.45) is 2.14. The summed E-state index contributed by atoms with van der Waals surface area (Å²) < 4.78 is 0. The molecule has 2 aromatic rings. The number of hydrogen-bond donors (Lipinski definition) is 2. The van der Waals surface area contributed by atoms with Gasteiger partial charge in [-0.05, 0) is 24.3 Å². The van der Waals surface area contributed by atoms with Gasteiger partial charge in [0.1, 0.15) is 0 Å². The van der Waals surface area contributed by atoms with Crippen molar-refractivity contribution in [1.82, 2.24) is 10.3 Å². The summed E-state index contributed by atoms with van der Waals surface area (Å²) in [5.41, 5.74) is 0.820. The van der Waals surface area contributed by atoms with E-state index in [0.29, 0.717) is 17.8 Å². The zero-order valence-electron chi connectivity index (χ0n) is 10.8. The molecule has 0 bridgehead atoms. The normalized spacial score (nSPS) is 9.65. The molecular formula is C15H14N2O2S. The van der Waals surface area contributed by atoms with E-state index in [4.69, 9.17) is 5.11 Å². The fourth-order valence-electron chi connectivity index (χ4n) is 1.49. The van der Waals surface area contributed by atoms with Crippen LogP contribution in [0.4, 0.5) is 0 Å². The highest BCUT2D eigenvalue weighted by molar-refractivity contribution is 7.14. The second-order valence-electron chi connectivity index (χ2n) is 3.94. The Morgan fingerprint density at radius 3 is 3.00 bits per heavy atom. The number of aliphatic hydroxyl groups is 1. The summed E-state index contributed by atoms with van der Waals surface area (Å²) in [7, 11) is 0. The Labute approximate surface area is 121 Å². The number of aromatic nitrogens is 1. The van der Waals surface area contributed by atoms with Crippen molar-refractivity contribution in [3.8, 4) is 11.8 Å². The van der Waals surface area contributed by atoms with Gasteiger partial charge in [-0.2, -0.15) is 0 Å². The number of pyridine rings is 1. The van der Waals surface area contributed by atoms with Crippen molar-refractivity contribution in [3.63, 3.8) is 0 Å². The van der Waals surface area contributed by atoms with Crippen LogP contribution in [-0.2, 0) is 6.54 Å². The van der Waals surface area contributed by atoms with Crippen LogP contribution in [0.5, 0.6) is 0 Å². The SMILES string of the molecule is O=C(NCc1ccccn1)c1ccc(C#CCCO)s1. The maximum absolute atomic E-state index is 11.9. The van der Waals surface area contributed by atoms with E-state index in [1.165, 1.54) is 11.3 Å². The average molecular weight is 286 g/mol. The molecule has 20 heavy (non-hydrogen) atoms. The van der Waals surface area contributed by atoms with E-state index in [-0.39, 0.29) is 12.5 Å². The molecule has 0 fully saturated rings. The molecule has 0 saturated heterocycles. The van der Waals surface area contributed by atoms with Gasteiger partial charge >= 0.3 is 0 Å². The molecule has 2 N–H and O–H groups in total. The van der Waals surface area contributed by atoms with Crippen molar-refractivity contribution < 1.29 is 9.90 Å². The smallest absolute Gasteiger partial charge is 0.261 e. The molecule has 0 aromatic carbocycles. The van der Waals surface area contributed by atoms with Crippen molar-refractivity contribution in [3.05, 3.63) is 52.0 Å². The highest BCUT2D eigenvalue weighted by Gasteiger charge is 2.08. The summed E-state index contributed by atoms with van der Waals surface area (Å²) in [6, 6.07) is 9.14. The standard InChI is InChI=1S/C15H14N2O2S/c18-10-4-2-6-13-7-8-14(20-13)15(19)17-11-12-5-1-3-9-16-12/h1,3,5,7-9,18H,4,10-11H2,(H,17,19). The monoisotopic (exact) mass is 286 g/mol. The Balaban J connectivity index is 1.92. The molecule has 4 nitrogen and oxygen atoms in total. The van der Waals surface area contributed by atoms with Gasteiger partial charge in [-0.1, -0.05) is 17.9 Å². The molecule has 0 aliphatic rings. The molecule has 0 spiro atoms. The highest BCUT2D eigenvalue weighted by Crippen LogP contribution is 2.15. The minimum atomic E-state index is -0.129. The zero-order chi connectivity index (χ0) is 14.2. The zero-order valence-corrected chi connectivity index (χ0v) is 11.6. The summed E-state index contributed by atoms with van der Waals surface area (Å²) in [6.45, 7) is 0.457. The van der Waals surface area contributed by atoms with Gasteiger partial charge in [0.15, 0.2) is 0 Å². The van der Waals surface area contributed by atoms with Crippen molar-refractivity contribution in [2.45, 2.75) is 13.0 Å². The Kier molecular flexibility index (Phi) is 5.30. The van der Waals surface area contributed by atoms with Gasteiger partial charge in [0, 0.05) is 12.6 Å². The molecule has 0 atom stereocenters. The molecule has 0 aliphatic carbocycles. The fourth-order valence-corrected chi connectivity index (χ4v) is 2.29. The Morgan fingerprint density at radius 2 is 2.25 bits per heavy atom. The summed E-state index contributed by atoms with van der Waals surface area (Å²) in [4.78, 5) is 17.5. The molecule has 0 aliphatic heterocycles. The number of carbonyl (C=O) groups excluding carboxylic acids is 1. The minimum absolute atomic E-state index is 0.0514. The molecule has 2 rings (SSSR count). The van der Waals surface area contributed by atoms with Crippen LogP contribution in [0.1, 0.15) is 26.7 Å². The molecule has 1 amide bonds. The Morgan fingerprint density at radius 1 is 1.35 bits per heavy atom. The number of hydrogen-bond acceptors (Lipinski definition) is 4. The fraction of sp³-hybridized carbons (Fsp3) is 0.200. The first-order valence-corrected chi connectivity index (χ1v) is 6.99. The number of carbonyl (C=O) groups is 1. The van der Waals surface area contributed by atoms with Crippen LogP contribution in [0.2, 0.25) is 0 Å². The maximum atomic E-state index is 11.9. The van der Waals surface area contributed by atoms with Gasteiger partial charge in [-0.3, -0.25) is 9.78 Å². The number of aliphatic hydroxyl groups excluding tert-OH is 1. The number of amides is 1. The third-order valence-corrected chi connectivity index (χ3v) is 3.43.